The molecule has 0 spiro atoms. The van der Waals surface area contributed by atoms with Crippen LogP contribution in [0.5, 0.6) is 0 Å². The fourth-order valence-electron chi connectivity index (χ4n) is 1.60. The van der Waals surface area contributed by atoms with Gasteiger partial charge >= 0.3 is 0 Å². The second kappa shape index (κ2) is 6.06. The maximum atomic E-state index is 13.5. The summed E-state index contributed by atoms with van der Waals surface area (Å²) in [5.41, 5.74) is 0.0491. The molecule has 2 rings (SSSR count). The van der Waals surface area contributed by atoms with Crippen molar-refractivity contribution < 1.29 is 8.78 Å². The van der Waals surface area contributed by atoms with Crippen LogP contribution in [0.15, 0.2) is 28.9 Å². The van der Waals surface area contributed by atoms with Crippen molar-refractivity contribution in [2.75, 3.05) is 5.32 Å². The van der Waals surface area contributed by atoms with E-state index < -0.39 is 11.6 Å². The summed E-state index contributed by atoms with van der Waals surface area (Å²) in [4.78, 5) is 8.45. The van der Waals surface area contributed by atoms with Gasteiger partial charge in [0.1, 0.15) is 16.2 Å². The van der Waals surface area contributed by atoms with Gasteiger partial charge in [0.25, 0.3) is 0 Å². The van der Waals surface area contributed by atoms with Crippen molar-refractivity contribution in [1.82, 2.24) is 9.97 Å². The summed E-state index contributed by atoms with van der Waals surface area (Å²) in [6.45, 7) is 2.02. The number of nitrogens with one attached hydrogen (secondary N) is 1. The minimum Gasteiger partial charge on any atom is -0.338 e. The van der Waals surface area contributed by atoms with E-state index in [2.05, 4.69) is 31.2 Å². The molecule has 0 aliphatic heterocycles. The molecule has 0 saturated carbocycles. The molecule has 0 fully saturated rings. The van der Waals surface area contributed by atoms with Crippen molar-refractivity contribution >= 4 is 27.4 Å². The molecule has 2 aromatic rings. The lowest BCUT2D eigenvalue weighted by Crippen LogP contribution is -2.02. The van der Waals surface area contributed by atoms with Crippen LogP contribution in [0.4, 0.5) is 20.3 Å². The number of anilines is 2. The van der Waals surface area contributed by atoms with Gasteiger partial charge in [-0.15, -0.1) is 0 Å². The van der Waals surface area contributed by atoms with Crippen molar-refractivity contribution in [3.05, 3.63) is 46.3 Å². The molecule has 3 nitrogen and oxygen atoms in total. The first-order chi connectivity index (χ1) is 9.10. The molecular formula is C13H12BrF2N3. The highest BCUT2D eigenvalue weighted by molar-refractivity contribution is 9.10. The number of halogens is 3. The third kappa shape index (κ3) is 3.47. The molecule has 0 saturated heterocycles. The van der Waals surface area contributed by atoms with E-state index in [0.29, 0.717) is 16.2 Å². The normalized spacial score (nSPS) is 10.5. The summed E-state index contributed by atoms with van der Waals surface area (Å²) in [7, 11) is 0. The molecule has 6 heteroatoms. The van der Waals surface area contributed by atoms with Gasteiger partial charge in [0.2, 0.25) is 0 Å². The Morgan fingerprint density at radius 2 is 2.05 bits per heavy atom. The molecule has 100 valence electrons. The maximum Gasteiger partial charge on any atom is 0.182 e. The van der Waals surface area contributed by atoms with E-state index in [1.165, 1.54) is 12.1 Å². The van der Waals surface area contributed by atoms with Crippen LogP contribution in [0.2, 0.25) is 0 Å². The van der Waals surface area contributed by atoms with Crippen LogP contribution < -0.4 is 5.32 Å². The molecule has 0 atom stereocenters. The molecule has 1 aromatic heterocycles. The third-order valence-electron chi connectivity index (χ3n) is 2.43. The van der Waals surface area contributed by atoms with Gasteiger partial charge in [0.15, 0.2) is 11.6 Å². The van der Waals surface area contributed by atoms with Crippen LogP contribution in [0, 0.1) is 11.6 Å². The standard InChI is InChI=1S/C13H12BrF2N3/c1-2-4-11-18-10(14)7-12(19-11)17-9-6-3-5-8(15)13(9)16/h3,5-7H,2,4H2,1H3,(H,17,18,19). The first-order valence-electron chi connectivity index (χ1n) is 5.84. The molecule has 0 amide bonds. The van der Waals surface area contributed by atoms with Crippen LogP contribution in [-0.2, 0) is 6.42 Å². The van der Waals surface area contributed by atoms with Crippen molar-refractivity contribution in [3.8, 4) is 0 Å². The largest absolute Gasteiger partial charge is 0.338 e. The first kappa shape index (κ1) is 13.9. The quantitative estimate of drug-likeness (QED) is 0.854. The molecule has 1 aromatic carbocycles. The number of hydrogen-bond donors (Lipinski definition) is 1. The second-order valence-corrected chi connectivity index (χ2v) is 4.78. The average molecular weight is 328 g/mol. The number of aromatic nitrogens is 2. The van der Waals surface area contributed by atoms with Gasteiger partial charge < -0.3 is 5.32 Å². The van der Waals surface area contributed by atoms with Gasteiger partial charge in [-0.05, 0) is 34.5 Å². The summed E-state index contributed by atoms with van der Waals surface area (Å²) in [6, 6.07) is 5.57. The van der Waals surface area contributed by atoms with Gasteiger partial charge in [0.05, 0.1) is 5.69 Å². The highest BCUT2D eigenvalue weighted by Crippen LogP contribution is 2.22. The van der Waals surface area contributed by atoms with Gasteiger partial charge in [-0.25, -0.2) is 18.7 Å². The molecule has 1 heterocycles. The number of nitrogens with zero attached hydrogens (tertiary/aromatic N) is 2. The molecule has 0 radical (unpaired) electrons. The lowest BCUT2D eigenvalue weighted by Gasteiger charge is -2.08. The molecule has 0 aliphatic rings. The zero-order valence-electron chi connectivity index (χ0n) is 10.3. The van der Waals surface area contributed by atoms with Gasteiger partial charge in [-0.3, -0.25) is 0 Å². The Morgan fingerprint density at radius 3 is 2.79 bits per heavy atom. The lowest BCUT2D eigenvalue weighted by atomic mass is 10.3. The number of benzene rings is 1. The predicted octanol–water partition coefficient (Wildman–Crippen LogP) is 4.21. The fraction of sp³-hybridized carbons (Fsp3) is 0.231. The number of aryl methyl sites for hydroxylation is 1. The molecular weight excluding hydrogens is 316 g/mol. The zero-order chi connectivity index (χ0) is 13.8. The van der Waals surface area contributed by atoms with Crippen LogP contribution in [0.1, 0.15) is 19.2 Å². The summed E-state index contributed by atoms with van der Waals surface area (Å²) in [5.74, 6) is -0.743. The molecule has 0 bridgehead atoms. The summed E-state index contributed by atoms with van der Waals surface area (Å²) in [5, 5.41) is 2.76. The minimum atomic E-state index is -0.922. The monoisotopic (exact) mass is 327 g/mol. The SMILES string of the molecule is CCCc1nc(Br)cc(Nc2cccc(F)c2F)n1. The molecule has 0 unspecified atom stereocenters. The van der Waals surface area contributed by atoms with E-state index in [-0.39, 0.29) is 5.69 Å². The molecule has 19 heavy (non-hydrogen) atoms. The third-order valence-corrected chi connectivity index (χ3v) is 2.84. The number of rotatable bonds is 4. The van der Waals surface area contributed by atoms with E-state index in [9.17, 15) is 8.78 Å². The fourth-order valence-corrected chi connectivity index (χ4v) is 2.02. The van der Waals surface area contributed by atoms with Crippen molar-refractivity contribution in [2.24, 2.45) is 0 Å². The Kier molecular flexibility index (Phi) is 4.42. The van der Waals surface area contributed by atoms with Crippen LogP contribution in [0.3, 0.4) is 0 Å². The van der Waals surface area contributed by atoms with E-state index >= 15 is 0 Å². The van der Waals surface area contributed by atoms with E-state index in [4.69, 9.17) is 0 Å². The highest BCUT2D eigenvalue weighted by atomic mass is 79.9. The van der Waals surface area contributed by atoms with Crippen molar-refractivity contribution in [3.63, 3.8) is 0 Å². The predicted molar refractivity (Wildman–Crippen MR) is 73.4 cm³/mol. The van der Waals surface area contributed by atoms with E-state index in [1.54, 1.807) is 6.07 Å². The Hall–Kier alpha value is -1.56. The summed E-state index contributed by atoms with van der Waals surface area (Å²) < 4.78 is 27.3. The number of hydrogen-bond acceptors (Lipinski definition) is 3. The minimum absolute atomic E-state index is 0.0491. The molecule has 0 aliphatic carbocycles. The Bertz CT molecular complexity index is 590. The smallest absolute Gasteiger partial charge is 0.182 e. The average Bonchev–Trinajstić information content (AvgIpc) is 2.35. The lowest BCUT2D eigenvalue weighted by molar-refractivity contribution is 0.511. The van der Waals surface area contributed by atoms with E-state index in [1.807, 2.05) is 6.92 Å². The Balaban J connectivity index is 2.30. The molecule has 1 N–H and O–H groups in total. The Morgan fingerprint density at radius 1 is 1.26 bits per heavy atom. The zero-order valence-corrected chi connectivity index (χ0v) is 11.8. The summed E-state index contributed by atoms with van der Waals surface area (Å²) in [6.07, 6.45) is 1.63. The van der Waals surface area contributed by atoms with Gasteiger partial charge in [-0.2, -0.15) is 0 Å². The topological polar surface area (TPSA) is 37.8 Å². The maximum absolute atomic E-state index is 13.5. The highest BCUT2D eigenvalue weighted by Gasteiger charge is 2.09. The Labute approximate surface area is 118 Å². The van der Waals surface area contributed by atoms with Crippen LogP contribution >= 0.6 is 15.9 Å². The first-order valence-corrected chi connectivity index (χ1v) is 6.64. The van der Waals surface area contributed by atoms with Crippen molar-refractivity contribution in [2.45, 2.75) is 19.8 Å². The summed E-state index contributed by atoms with van der Waals surface area (Å²) >= 11 is 3.27. The second-order valence-electron chi connectivity index (χ2n) is 3.97. The van der Waals surface area contributed by atoms with Crippen molar-refractivity contribution in [1.29, 1.82) is 0 Å². The van der Waals surface area contributed by atoms with Crippen LogP contribution in [-0.4, -0.2) is 9.97 Å². The van der Waals surface area contributed by atoms with Gasteiger partial charge in [-0.1, -0.05) is 13.0 Å². The van der Waals surface area contributed by atoms with Gasteiger partial charge in [0, 0.05) is 12.5 Å². The van der Waals surface area contributed by atoms with Crippen LogP contribution in [0.25, 0.3) is 0 Å². The van der Waals surface area contributed by atoms with E-state index in [0.717, 1.165) is 18.9 Å².